The highest BCUT2D eigenvalue weighted by Gasteiger charge is 2.32. The van der Waals surface area contributed by atoms with Crippen molar-refractivity contribution in [2.75, 3.05) is 13.7 Å². The van der Waals surface area contributed by atoms with Crippen LogP contribution in [0.5, 0.6) is 0 Å². The van der Waals surface area contributed by atoms with Crippen molar-refractivity contribution in [3.05, 3.63) is 94.3 Å². The molecule has 0 aromatic heterocycles. The molecule has 0 atom stereocenters. The Morgan fingerprint density at radius 1 is 0.946 bits per heavy atom. The zero-order valence-electron chi connectivity index (χ0n) is 20.7. The monoisotopic (exact) mass is 517 g/mol. The summed E-state index contributed by atoms with van der Waals surface area (Å²) in [5, 5.41) is 0. The lowest BCUT2D eigenvalue weighted by molar-refractivity contribution is -0.140. The van der Waals surface area contributed by atoms with Gasteiger partial charge in [-0.25, -0.2) is 9.18 Å². The fraction of sp³-hybridized carbons (Fsp3) is 0.286. The van der Waals surface area contributed by atoms with Gasteiger partial charge in [0.15, 0.2) is 0 Å². The van der Waals surface area contributed by atoms with Crippen LogP contribution in [0.4, 0.5) is 22.4 Å². The molecule has 0 aliphatic carbocycles. The highest BCUT2D eigenvalue weighted by molar-refractivity contribution is 5.75. The summed E-state index contributed by atoms with van der Waals surface area (Å²) >= 11 is 0. The number of carbonyl (C=O) groups excluding carboxylic acids is 2. The largest absolute Gasteiger partial charge is 0.469 e. The van der Waals surface area contributed by atoms with Crippen LogP contribution in [0.1, 0.15) is 34.7 Å². The number of hydrogen-bond acceptors (Lipinski definition) is 4. The van der Waals surface area contributed by atoms with Crippen LogP contribution in [-0.4, -0.2) is 30.6 Å². The van der Waals surface area contributed by atoms with Gasteiger partial charge in [0.25, 0.3) is 0 Å². The minimum Gasteiger partial charge on any atom is -0.469 e. The summed E-state index contributed by atoms with van der Waals surface area (Å²) in [5.41, 5.74) is 2.12. The summed E-state index contributed by atoms with van der Waals surface area (Å²) in [6.45, 7) is 3.91. The Balaban J connectivity index is 1.92. The number of methoxy groups -OCH3 is 1. The average Bonchev–Trinajstić information content (AvgIpc) is 2.86. The maximum atomic E-state index is 13.7. The third-order valence-corrected chi connectivity index (χ3v) is 5.74. The van der Waals surface area contributed by atoms with E-state index in [4.69, 9.17) is 4.74 Å². The van der Waals surface area contributed by atoms with E-state index in [0.717, 1.165) is 17.7 Å². The minimum absolute atomic E-state index is 0.0548. The van der Waals surface area contributed by atoms with Gasteiger partial charge in [0.2, 0.25) is 0 Å². The number of nitrogens with zero attached hydrogens (tertiary/aromatic N) is 1. The molecule has 3 rings (SSSR count). The van der Waals surface area contributed by atoms with Gasteiger partial charge >= 0.3 is 18.2 Å². The molecule has 9 heteroatoms. The Hall–Kier alpha value is -3.88. The molecule has 0 heterocycles. The van der Waals surface area contributed by atoms with Crippen molar-refractivity contribution in [3.8, 4) is 11.1 Å². The molecule has 3 aromatic rings. The van der Waals surface area contributed by atoms with Crippen LogP contribution in [0, 0.1) is 12.7 Å². The molecule has 0 aliphatic rings. The maximum absolute atomic E-state index is 13.7. The molecule has 0 radical (unpaired) electrons. The molecule has 0 fully saturated rings. The highest BCUT2D eigenvalue weighted by atomic mass is 19.4. The SMILES string of the molecule is CCN(Cc1cc(C)ccc1-c1cc(CC(=O)OC)cc(C(F)(F)F)c1)C(=O)OCc1ccc(F)cc1. The van der Waals surface area contributed by atoms with E-state index in [-0.39, 0.29) is 37.2 Å². The highest BCUT2D eigenvalue weighted by Crippen LogP contribution is 2.35. The molecule has 0 saturated carbocycles. The van der Waals surface area contributed by atoms with E-state index < -0.39 is 29.6 Å². The summed E-state index contributed by atoms with van der Waals surface area (Å²) in [4.78, 5) is 26.0. The first-order valence-corrected chi connectivity index (χ1v) is 11.5. The summed E-state index contributed by atoms with van der Waals surface area (Å²) in [5.74, 6) is -1.06. The molecule has 0 aliphatic heterocycles. The van der Waals surface area contributed by atoms with Gasteiger partial charge in [-0.05, 0) is 65.9 Å². The smallest absolute Gasteiger partial charge is 0.416 e. The Kier molecular flexibility index (Phi) is 8.91. The lowest BCUT2D eigenvalue weighted by Crippen LogP contribution is -2.31. The second-order valence-electron chi connectivity index (χ2n) is 8.53. The van der Waals surface area contributed by atoms with Gasteiger partial charge in [0, 0.05) is 13.1 Å². The molecule has 0 unspecified atom stereocenters. The molecular weight excluding hydrogens is 490 g/mol. The number of amides is 1. The predicted molar refractivity (Wildman–Crippen MR) is 130 cm³/mol. The van der Waals surface area contributed by atoms with Crippen LogP contribution in [0.3, 0.4) is 0 Å². The van der Waals surface area contributed by atoms with Crippen molar-refractivity contribution in [3.63, 3.8) is 0 Å². The number of carbonyl (C=O) groups is 2. The topological polar surface area (TPSA) is 55.8 Å². The van der Waals surface area contributed by atoms with Crippen LogP contribution in [0.15, 0.2) is 60.7 Å². The van der Waals surface area contributed by atoms with E-state index in [1.807, 2.05) is 6.92 Å². The fourth-order valence-electron chi connectivity index (χ4n) is 3.82. The Morgan fingerprint density at radius 2 is 1.65 bits per heavy atom. The summed E-state index contributed by atoms with van der Waals surface area (Å²) in [7, 11) is 1.17. The summed E-state index contributed by atoms with van der Waals surface area (Å²) < 4.78 is 64.1. The van der Waals surface area contributed by atoms with E-state index in [0.29, 0.717) is 16.7 Å². The molecular formula is C28H27F4NO4. The Morgan fingerprint density at radius 3 is 2.27 bits per heavy atom. The molecule has 0 spiro atoms. The van der Waals surface area contributed by atoms with E-state index >= 15 is 0 Å². The van der Waals surface area contributed by atoms with Crippen molar-refractivity contribution >= 4 is 12.1 Å². The number of aryl methyl sites for hydroxylation is 1. The molecule has 0 bridgehead atoms. The predicted octanol–water partition coefficient (Wildman–Crippen LogP) is 6.69. The maximum Gasteiger partial charge on any atom is 0.416 e. The molecule has 37 heavy (non-hydrogen) atoms. The Labute approximate surface area is 212 Å². The number of halogens is 4. The van der Waals surface area contributed by atoms with Gasteiger partial charge in [-0.2, -0.15) is 13.2 Å². The molecule has 1 amide bonds. The van der Waals surface area contributed by atoms with Crippen molar-refractivity contribution in [1.29, 1.82) is 0 Å². The van der Waals surface area contributed by atoms with Crippen molar-refractivity contribution < 1.29 is 36.6 Å². The summed E-state index contributed by atoms with van der Waals surface area (Å²) in [6, 6.07) is 14.3. The quantitative estimate of drug-likeness (QED) is 0.247. The van der Waals surface area contributed by atoms with Crippen LogP contribution >= 0.6 is 0 Å². The van der Waals surface area contributed by atoms with Gasteiger partial charge < -0.3 is 14.4 Å². The molecule has 5 nitrogen and oxygen atoms in total. The molecule has 3 aromatic carbocycles. The van der Waals surface area contributed by atoms with Gasteiger partial charge in [-0.15, -0.1) is 0 Å². The van der Waals surface area contributed by atoms with Gasteiger partial charge in [0.1, 0.15) is 12.4 Å². The number of esters is 1. The van der Waals surface area contributed by atoms with Gasteiger partial charge in [-0.1, -0.05) is 42.0 Å². The standard InChI is InChI=1S/C28H27F4NO4/c1-4-33(27(35)37-17-19-6-8-24(29)9-7-19)16-22-11-18(2)5-10-25(22)21-12-20(14-26(34)36-3)13-23(15-21)28(30,31)32/h5-13,15H,4,14,16-17H2,1-3H3. The first kappa shape index (κ1) is 27.7. The van der Waals surface area contributed by atoms with Crippen molar-refractivity contribution in [1.82, 2.24) is 4.90 Å². The van der Waals surface area contributed by atoms with Crippen LogP contribution < -0.4 is 0 Å². The summed E-state index contributed by atoms with van der Waals surface area (Å²) in [6.07, 6.45) is -5.55. The second kappa shape index (κ2) is 11.9. The van der Waals surface area contributed by atoms with Crippen molar-refractivity contribution in [2.24, 2.45) is 0 Å². The zero-order valence-corrected chi connectivity index (χ0v) is 20.7. The van der Waals surface area contributed by atoms with E-state index in [9.17, 15) is 27.2 Å². The number of hydrogen-bond donors (Lipinski definition) is 0. The van der Waals surface area contributed by atoms with E-state index in [2.05, 4.69) is 4.74 Å². The third kappa shape index (κ3) is 7.55. The number of rotatable bonds is 8. The minimum atomic E-state index is -4.62. The molecule has 0 N–H and O–H groups in total. The lowest BCUT2D eigenvalue weighted by atomic mass is 9.93. The normalized spacial score (nSPS) is 11.2. The van der Waals surface area contributed by atoms with E-state index in [1.165, 1.54) is 42.3 Å². The van der Waals surface area contributed by atoms with Crippen molar-refractivity contribution in [2.45, 2.75) is 39.6 Å². The molecule has 0 saturated heterocycles. The van der Waals surface area contributed by atoms with Gasteiger partial charge in [-0.3, -0.25) is 4.79 Å². The number of benzene rings is 3. The second-order valence-corrected chi connectivity index (χ2v) is 8.53. The van der Waals surface area contributed by atoms with Crippen LogP contribution in [-0.2, 0) is 40.0 Å². The third-order valence-electron chi connectivity index (χ3n) is 5.74. The Bertz CT molecular complexity index is 1260. The first-order chi connectivity index (χ1) is 17.5. The molecule has 196 valence electrons. The lowest BCUT2D eigenvalue weighted by Gasteiger charge is -2.23. The van der Waals surface area contributed by atoms with Crippen LogP contribution in [0.2, 0.25) is 0 Å². The average molecular weight is 518 g/mol. The number of ether oxygens (including phenoxy) is 2. The fourth-order valence-corrected chi connectivity index (χ4v) is 3.82. The van der Waals surface area contributed by atoms with Gasteiger partial charge in [0.05, 0.1) is 19.1 Å². The first-order valence-electron chi connectivity index (χ1n) is 11.5. The van der Waals surface area contributed by atoms with Crippen LogP contribution in [0.25, 0.3) is 11.1 Å². The van der Waals surface area contributed by atoms with E-state index in [1.54, 1.807) is 25.1 Å². The number of alkyl halides is 3. The zero-order chi connectivity index (χ0) is 27.2.